The van der Waals surface area contributed by atoms with Crippen LogP contribution in [-0.4, -0.2) is 48.1 Å². The average Bonchev–Trinajstić information content (AvgIpc) is 2.45. The molecule has 0 fully saturated rings. The highest BCUT2D eigenvalue weighted by Crippen LogP contribution is 2.15. The van der Waals surface area contributed by atoms with Crippen molar-refractivity contribution in [2.75, 3.05) is 13.2 Å². The van der Waals surface area contributed by atoms with Crippen LogP contribution in [0.3, 0.4) is 0 Å². The third-order valence-corrected chi connectivity index (χ3v) is 2.90. The first-order chi connectivity index (χ1) is 12.5. The molecule has 0 aromatic heterocycles. The van der Waals surface area contributed by atoms with E-state index in [4.69, 9.17) is 24.7 Å². The molecule has 0 aromatic rings. The van der Waals surface area contributed by atoms with Crippen molar-refractivity contribution < 1.29 is 33.3 Å². The Bertz CT molecular complexity index is 576. The fourth-order valence-corrected chi connectivity index (χ4v) is 1.87. The van der Waals surface area contributed by atoms with E-state index >= 15 is 0 Å². The molecule has 28 heavy (non-hydrogen) atoms. The lowest BCUT2D eigenvalue weighted by Crippen LogP contribution is -2.63. The van der Waals surface area contributed by atoms with Crippen LogP contribution in [0.15, 0.2) is 12.3 Å². The maximum Gasteiger partial charge on any atom is 0.409 e. The molecule has 9 heteroatoms. The van der Waals surface area contributed by atoms with Crippen LogP contribution in [0.4, 0.5) is 4.79 Å². The molecule has 1 amide bonds. The van der Waals surface area contributed by atoms with Gasteiger partial charge in [0.15, 0.2) is 5.66 Å². The lowest BCUT2D eigenvalue weighted by molar-refractivity contribution is -0.157. The summed E-state index contributed by atoms with van der Waals surface area (Å²) in [6.07, 6.45) is -1.35. The molecule has 9 nitrogen and oxygen atoms in total. The Labute approximate surface area is 166 Å². The van der Waals surface area contributed by atoms with E-state index in [-0.39, 0.29) is 26.1 Å². The van der Waals surface area contributed by atoms with Gasteiger partial charge in [-0.25, -0.2) is 9.59 Å². The van der Waals surface area contributed by atoms with Gasteiger partial charge in [0.1, 0.15) is 24.4 Å². The number of carbonyl (C=O) groups is 3. The van der Waals surface area contributed by atoms with E-state index in [0.29, 0.717) is 5.76 Å². The molecule has 0 saturated heterocycles. The first-order valence-corrected chi connectivity index (χ1v) is 9.01. The molecule has 3 N–H and O–H groups in total. The second-order valence-electron chi connectivity index (χ2n) is 8.37. The zero-order valence-electron chi connectivity index (χ0n) is 18.0. The third-order valence-electron chi connectivity index (χ3n) is 2.90. The second kappa shape index (κ2) is 10.3. The van der Waals surface area contributed by atoms with Crippen molar-refractivity contribution in [2.45, 2.75) is 78.2 Å². The summed E-state index contributed by atoms with van der Waals surface area (Å²) in [5, 5.41) is 2.29. The second-order valence-corrected chi connectivity index (χ2v) is 8.37. The molecule has 1 atom stereocenters. The van der Waals surface area contributed by atoms with Crippen LogP contribution in [0.1, 0.15) is 61.3 Å². The van der Waals surface area contributed by atoms with Gasteiger partial charge in [0, 0.05) is 12.8 Å². The summed E-state index contributed by atoms with van der Waals surface area (Å²) >= 11 is 0. The number of hydrogen-bond acceptors (Lipinski definition) is 8. The number of esters is 2. The molecule has 0 bridgehead atoms. The standard InChI is InChI=1S/C19H34N2O7/c1-13(2)25-11-12-26-15(23)19(20,21-16(24)28-18(6,7)8)10-9-14(22)27-17(3,4)5/h1,9-12,20H2,2-8H3,(H,21,24)/t19-/m1/s1. The molecule has 0 spiro atoms. The van der Waals surface area contributed by atoms with E-state index in [1.54, 1.807) is 48.5 Å². The Hall–Kier alpha value is -2.29. The van der Waals surface area contributed by atoms with Gasteiger partial charge in [-0.2, -0.15) is 0 Å². The van der Waals surface area contributed by atoms with Crippen LogP contribution in [0.5, 0.6) is 0 Å². The van der Waals surface area contributed by atoms with Crippen LogP contribution < -0.4 is 11.1 Å². The molecular formula is C19H34N2O7. The predicted octanol–water partition coefficient (Wildman–Crippen LogP) is 2.38. The zero-order valence-corrected chi connectivity index (χ0v) is 18.0. The number of nitrogens with one attached hydrogen (secondary N) is 1. The smallest absolute Gasteiger partial charge is 0.409 e. The molecular weight excluding hydrogens is 368 g/mol. The maximum absolute atomic E-state index is 12.5. The lowest BCUT2D eigenvalue weighted by Gasteiger charge is -2.30. The van der Waals surface area contributed by atoms with Gasteiger partial charge < -0.3 is 18.9 Å². The molecule has 0 aliphatic carbocycles. The molecule has 0 unspecified atom stereocenters. The van der Waals surface area contributed by atoms with Crippen molar-refractivity contribution in [3.8, 4) is 0 Å². The van der Waals surface area contributed by atoms with Gasteiger partial charge in [0.2, 0.25) is 0 Å². The minimum Gasteiger partial charge on any atom is -0.495 e. The van der Waals surface area contributed by atoms with Crippen LogP contribution >= 0.6 is 0 Å². The summed E-state index contributed by atoms with van der Waals surface area (Å²) in [5.74, 6) is -1.02. The predicted molar refractivity (Wildman–Crippen MR) is 103 cm³/mol. The van der Waals surface area contributed by atoms with E-state index in [1.807, 2.05) is 0 Å². The highest BCUT2D eigenvalue weighted by atomic mass is 16.6. The lowest BCUT2D eigenvalue weighted by atomic mass is 10.0. The van der Waals surface area contributed by atoms with Gasteiger partial charge in [0.25, 0.3) is 0 Å². The van der Waals surface area contributed by atoms with Crippen LogP contribution in [0, 0.1) is 0 Å². The van der Waals surface area contributed by atoms with Crippen molar-refractivity contribution >= 4 is 18.0 Å². The fourth-order valence-electron chi connectivity index (χ4n) is 1.87. The Morgan fingerprint density at radius 1 is 0.929 bits per heavy atom. The fraction of sp³-hybridized carbons (Fsp3) is 0.737. The number of ether oxygens (including phenoxy) is 4. The number of amides is 1. The van der Waals surface area contributed by atoms with E-state index < -0.39 is 34.9 Å². The highest BCUT2D eigenvalue weighted by molar-refractivity contribution is 5.86. The van der Waals surface area contributed by atoms with E-state index in [0.717, 1.165) is 0 Å². The molecule has 162 valence electrons. The minimum absolute atomic E-state index is 0.0790. The van der Waals surface area contributed by atoms with Crippen molar-refractivity contribution in [2.24, 2.45) is 5.73 Å². The number of carbonyl (C=O) groups excluding carboxylic acids is 3. The molecule has 0 aromatic carbocycles. The summed E-state index contributed by atoms with van der Waals surface area (Å²) < 4.78 is 20.5. The number of allylic oxidation sites excluding steroid dienone is 1. The number of hydrogen-bond donors (Lipinski definition) is 2. The van der Waals surface area contributed by atoms with Crippen LogP contribution in [-0.2, 0) is 28.5 Å². The summed E-state index contributed by atoms with van der Waals surface area (Å²) in [6.45, 7) is 15.3. The van der Waals surface area contributed by atoms with Crippen LogP contribution in [0.2, 0.25) is 0 Å². The van der Waals surface area contributed by atoms with Gasteiger partial charge in [-0.3, -0.25) is 15.8 Å². The third kappa shape index (κ3) is 12.2. The Morgan fingerprint density at radius 2 is 1.43 bits per heavy atom. The summed E-state index contributed by atoms with van der Waals surface area (Å²) in [5.41, 5.74) is 2.61. The van der Waals surface area contributed by atoms with Gasteiger partial charge in [-0.15, -0.1) is 0 Å². The number of rotatable bonds is 9. The zero-order chi connectivity index (χ0) is 22.2. The normalized spacial score (nSPS) is 13.7. The average molecular weight is 402 g/mol. The quantitative estimate of drug-likeness (QED) is 0.198. The summed E-state index contributed by atoms with van der Waals surface area (Å²) in [6, 6.07) is 0. The first kappa shape index (κ1) is 25.7. The van der Waals surface area contributed by atoms with Crippen molar-refractivity contribution in [1.29, 1.82) is 0 Å². The number of alkyl carbamates (subject to hydrolysis) is 1. The largest absolute Gasteiger partial charge is 0.495 e. The van der Waals surface area contributed by atoms with Crippen LogP contribution in [0.25, 0.3) is 0 Å². The Balaban J connectivity index is 5.07. The van der Waals surface area contributed by atoms with Gasteiger partial charge >= 0.3 is 18.0 Å². The molecule has 0 saturated carbocycles. The highest BCUT2D eigenvalue weighted by Gasteiger charge is 2.39. The van der Waals surface area contributed by atoms with Crippen molar-refractivity contribution in [3.05, 3.63) is 12.3 Å². The molecule has 0 rings (SSSR count). The summed E-state index contributed by atoms with van der Waals surface area (Å²) in [7, 11) is 0. The maximum atomic E-state index is 12.5. The molecule has 0 aliphatic heterocycles. The molecule has 0 radical (unpaired) electrons. The van der Waals surface area contributed by atoms with E-state index in [2.05, 4.69) is 11.9 Å². The Kier molecular flexibility index (Phi) is 9.46. The van der Waals surface area contributed by atoms with Crippen molar-refractivity contribution in [3.63, 3.8) is 0 Å². The van der Waals surface area contributed by atoms with Gasteiger partial charge in [0.05, 0.1) is 5.76 Å². The first-order valence-electron chi connectivity index (χ1n) is 9.01. The number of nitrogens with two attached hydrogens (primary N) is 1. The molecule has 0 aliphatic rings. The van der Waals surface area contributed by atoms with Gasteiger partial charge in [-0.1, -0.05) is 6.58 Å². The van der Waals surface area contributed by atoms with E-state index in [1.165, 1.54) is 0 Å². The monoisotopic (exact) mass is 402 g/mol. The minimum atomic E-state index is -1.97. The SMILES string of the molecule is C=C(C)OCCOC(=O)[C@@](N)(CCC(=O)OC(C)(C)C)NC(=O)OC(C)(C)C. The topological polar surface area (TPSA) is 126 Å². The summed E-state index contributed by atoms with van der Waals surface area (Å²) in [4.78, 5) is 36.5. The van der Waals surface area contributed by atoms with Gasteiger partial charge in [-0.05, 0) is 48.5 Å². The van der Waals surface area contributed by atoms with Crippen molar-refractivity contribution in [1.82, 2.24) is 5.32 Å². The Morgan fingerprint density at radius 3 is 1.89 bits per heavy atom. The molecule has 0 heterocycles. The van der Waals surface area contributed by atoms with E-state index in [9.17, 15) is 14.4 Å².